The molecule has 0 saturated carbocycles. The standard InChI is InChI=1S/C4H10.CHClO2/c1-3-4-2;2-1(3)4/h3-4H2,1-2H3;(H,3,4). The third-order valence-electron chi connectivity index (χ3n) is 0.500. The topological polar surface area (TPSA) is 37.3 Å². The van der Waals surface area contributed by atoms with Gasteiger partial charge in [-0.15, -0.1) is 0 Å². The Morgan fingerprint density at radius 2 is 1.62 bits per heavy atom. The molecule has 0 spiro atoms. The normalized spacial score (nSPS) is 6.88. The van der Waals surface area contributed by atoms with Gasteiger partial charge >= 0.3 is 5.43 Å². The predicted molar refractivity (Wildman–Crippen MR) is 34.5 cm³/mol. The van der Waals surface area contributed by atoms with Crippen LogP contribution in [0.4, 0.5) is 4.79 Å². The SMILES string of the molecule is CCCC.O=C(O)Cl. The minimum atomic E-state index is -1.36. The van der Waals surface area contributed by atoms with Gasteiger partial charge in [-0.2, -0.15) is 0 Å². The van der Waals surface area contributed by atoms with Gasteiger partial charge in [0.25, 0.3) is 0 Å². The lowest BCUT2D eigenvalue weighted by atomic mass is 10.4. The number of hydrogen-bond donors (Lipinski definition) is 1. The van der Waals surface area contributed by atoms with Crippen LogP contribution >= 0.6 is 11.6 Å². The monoisotopic (exact) mass is 138 g/mol. The molecule has 0 radical (unpaired) electrons. The van der Waals surface area contributed by atoms with E-state index >= 15 is 0 Å². The summed E-state index contributed by atoms with van der Waals surface area (Å²) in [6, 6.07) is 0. The first-order chi connectivity index (χ1) is 3.65. The maximum atomic E-state index is 8.77. The molecule has 0 heterocycles. The van der Waals surface area contributed by atoms with Gasteiger partial charge in [-0.1, -0.05) is 26.7 Å². The summed E-state index contributed by atoms with van der Waals surface area (Å²) in [5, 5.41) is 7.18. The summed E-state index contributed by atoms with van der Waals surface area (Å²) >= 11 is 4.19. The highest BCUT2D eigenvalue weighted by Crippen LogP contribution is 1.76. The zero-order chi connectivity index (χ0) is 6.99. The summed E-state index contributed by atoms with van der Waals surface area (Å²) < 4.78 is 0. The number of carboxylic acid groups (broad SMARTS) is 1. The summed E-state index contributed by atoms with van der Waals surface area (Å²) in [7, 11) is 0. The minimum Gasteiger partial charge on any atom is -0.469 e. The predicted octanol–water partition coefficient (Wildman–Crippen LogP) is 2.71. The molecule has 0 aliphatic heterocycles. The fourth-order valence-electron chi connectivity index (χ4n) is 0. The largest absolute Gasteiger partial charge is 0.469 e. The molecule has 0 aromatic rings. The molecule has 2 nitrogen and oxygen atoms in total. The van der Waals surface area contributed by atoms with E-state index in [2.05, 4.69) is 25.4 Å². The van der Waals surface area contributed by atoms with Gasteiger partial charge in [0.15, 0.2) is 0 Å². The number of halogens is 1. The molecule has 0 atom stereocenters. The van der Waals surface area contributed by atoms with E-state index < -0.39 is 5.43 Å². The fourth-order valence-corrected chi connectivity index (χ4v) is 0. The summed E-state index contributed by atoms with van der Waals surface area (Å²) in [4.78, 5) is 8.77. The third-order valence-corrected chi connectivity index (χ3v) is 0.500. The van der Waals surface area contributed by atoms with Crippen molar-refractivity contribution >= 4 is 17.0 Å². The Bertz CT molecular complexity index is 48.4. The summed E-state index contributed by atoms with van der Waals surface area (Å²) in [6.45, 7) is 4.36. The van der Waals surface area contributed by atoms with Crippen LogP contribution in [0.3, 0.4) is 0 Å². The van der Waals surface area contributed by atoms with Gasteiger partial charge in [-0.3, -0.25) is 0 Å². The van der Waals surface area contributed by atoms with E-state index in [1.807, 2.05) is 0 Å². The number of rotatable bonds is 1. The average molecular weight is 139 g/mol. The second-order valence-electron chi connectivity index (χ2n) is 1.25. The Labute approximate surface area is 54.5 Å². The van der Waals surface area contributed by atoms with Crippen molar-refractivity contribution in [2.75, 3.05) is 0 Å². The van der Waals surface area contributed by atoms with Gasteiger partial charge in [0, 0.05) is 11.6 Å². The molecular weight excluding hydrogens is 128 g/mol. The fraction of sp³-hybridized carbons (Fsp3) is 0.800. The van der Waals surface area contributed by atoms with E-state index in [1.165, 1.54) is 12.8 Å². The minimum absolute atomic E-state index is 1.32. The van der Waals surface area contributed by atoms with Crippen LogP contribution in [0.2, 0.25) is 0 Å². The Hall–Kier alpha value is -0.240. The second kappa shape index (κ2) is 9.90. The van der Waals surface area contributed by atoms with Gasteiger partial charge in [0.05, 0.1) is 0 Å². The van der Waals surface area contributed by atoms with Crippen molar-refractivity contribution < 1.29 is 9.90 Å². The van der Waals surface area contributed by atoms with Crippen LogP contribution in [0.25, 0.3) is 0 Å². The number of carbonyl (C=O) groups is 1. The number of unbranched alkanes of at least 4 members (excludes halogenated alkanes) is 1. The molecule has 0 aliphatic rings. The van der Waals surface area contributed by atoms with Crippen LogP contribution in [0.15, 0.2) is 0 Å². The molecule has 0 bridgehead atoms. The smallest absolute Gasteiger partial charge is 0.401 e. The quantitative estimate of drug-likeness (QED) is 0.566. The van der Waals surface area contributed by atoms with Crippen LogP contribution in [-0.4, -0.2) is 10.5 Å². The van der Waals surface area contributed by atoms with Crippen LogP contribution in [0.1, 0.15) is 26.7 Å². The maximum absolute atomic E-state index is 8.77. The molecule has 50 valence electrons. The van der Waals surface area contributed by atoms with Crippen LogP contribution in [0.5, 0.6) is 0 Å². The van der Waals surface area contributed by atoms with Crippen molar-refractivity contribution in [2.24, 2.45) is 0 Å². The summed E-state index contributed by atoms with van der Waals surface area (Å²) in [5.41, 5.74) is -1.36. The van der Waals surface area contributed by atoms with E-state index in [0.29, 0.717) is 0 Å². The van der Waals surface area contributed by atoms with Gasteiger partial charge in [-0.25, -0.2) is 4.79 Å². The Balaban J connectivity index is 0. The number of hydrogen-bond acceptors (Lipinski definition) is 1. The van der Waals surface area contributed by atoms with Crippen molar-refractivity contribution in [3.05, 3.63) is 0 Å². The molecule has 1 N–H and O–H groups in total. The highest BCUT2D eigenvalue weighted by molar-refractivity contribution is 6.60. The van der Waals surface area contributed by atoms with Crippen molar-refractivity contribution in [3.8, 4) is 0 Å². The van der Waals surface area contributed by atoms with E-state index in [-0.39, 0.29) is 0 Å². The van der Waals surface area contributed by atoms with Crippen molar-refractivity contribution in [1.29, 1.82) is 0 Å². The lowest BCUT2D eigenvalue weighted by Crippen LogP contribution is -1.66. The average Bonchev–Trinajstić information content (AvgIpc) is 1.65. The first-order valence-electron chi connectivity index (χ1n) is 2.53. The van der Waals surface area contributed by atoms with Crippen LogP contribution in [0, 0.1) is 0 Å². The second-order valence-corrected chi connectivity index (χ2v) is 1.58. The van der Waals surface area contributed by atoms with E-state index in [4.69, 9.17) is 9.90 Å². The molecule has 0 rings (SSSR count). The molecule has 3 heteroatoms. The van der Waals surface area contributed by atoms with Crippen molar-refractivity contribution in [1.82, 2.24) is 0 Å². The van der Waals surface area contributed by atoms with Gasteiger partial charge in [0.1, 0.15) is 0 Å². The zero-order valence-electron chi connectivity index (χ0n) is 5.15. The van der Waals surface area contributed by atoms with Gasteiger partial charge in [0.2, 0.25) is 0 Å². The molecular formula is C5H11ClO2. The lowest BCUT2D eigenvalue weighted by Gasteiger charge is -1.68. The maximum Gasteiger partial charge on any atom is 0.401 e. The third kappa shape index (κ3) is 226. The molecule has 0 fully saturated rings. The molecule has 0 saturated heterocycles. The first kappa shape index (κ1) is 10.7. The van der Waals surface area contributed by atoms with E-state index in [9.17, 15) is 0 Å². The molecule has 0 amide bonds. The Kier molecular flexibility index (Phi) is 13.2. The van der Waals surface area contributed by atoms with Crippen molar-refractivity contribution in [3.63, 3.8) is 0 Å². The molecule has 0 aliphatic carbocycles. The highest BCUT2D eigenvalue weighted by atomic mass is 35.5. The van der Waals surface area contributed by atoms with Gasteiger partial charge < -0.3 is 5.11 Å². The zero-order valence-corrected chi connectivity index (χ0v) is 5.90. The summed E-state index contributed by atoms with van der Waals surface area (Å²) in [5.74, 6) is 0. The first-order valence-corrected chi connectivity index (χ1v) is 2.91. The van der Waals surface area contributed by atoms with Crippen LogP contribution < -0.4 is 0 Å². The Morgan fingerprint density at radius 3 is 1.62 bits per heavy atom. The van der Waals surface area contributed by atoms with Crippen molar-refractivity contribution in [2.45, 2.75) is 26.7 Å². The Morgan fingerprint density at radius 1 is 1.50 bits per heavy atom. The van der Waals surface area contributed by atoms with E-state index in [1.54, 1.807) is 0 Å². The van der Waals surface area contributed by atoms with Crippen LogP contribution in [-0.2, 0) is 0 Å². The molecule has 8 heavy (non-hydrogen) atoms. The lowest BCUT2D eigenvalue weighted by molar-refractivity contribution is 0.220. The highest BCUT2D eigenvalue weighted by Gasteiger charge is 1.71. The molecule has 0 unspecified atom stereocenters. The van der Waals surface area contributed by atoms with Gasteiger partial charge in [-0.05, 0) is 0 Å². The molecule has 0 aromatic heterocycles. The summed E-state index contributed by atoms with van der Waals surface area (Å²) in [6.07, 6.45) is 2.64. The molecule has 0 aromatic carbocycles. The van der Waals surface area contributed by atoms with E-state index in [0.717, 1.165) is 0 Å².